The van der Waals surface area contributed by atoms with Crippen LogP contribution in [0.1, 0.15) is 21.9 Å². The Bertz CT molecular complexity index is 1090. The van der Waals surface area contributed by atoms with Crippen molar-refractivity contribution in [2.45, 2.75) is 6.54 Å². The highest BCUT2D eigenvalue weighted by Crippen LogP contribution is 2.25. The summed E-state index contributed by atoms with van der Waals surface area (Å²) in [7, 11) is 2.99. The van der Waals surface area contributed by atoms with E-state index in [0.717, 1.165) is 0 Å². The van der Waals surface area contributed by atoms with Crippen molar-refractivity contribution in [3.63, 3.8) is 0 Å². The first kappa shape index (κ1) is 20.2. The zero-order valence-corrected chi connectivity index (χ0v) is 16.3. The lowest BCUT2D eigenvalue weighted by Gasteiger charge is -2.07. The van der Waals surface area contributed by atoms with Crippen molar-refractivity contribution in [1.82, 2.24) is 9.78 Å². The van der Waals surface area contributed by atoms with Crippen LogP contribution in [0.5, 0.6) is 11.5 Å². The third kappa shape index (κ3) is 4.64. The summed E-state index contributed by atoms with van der Waals surface area (Å²) < 4.78 is 17.3. The Kier molecular flexibility index (Phi) is 5.99. The first-order valence-electron chi connectivity index (χ1n) is 8.31. The van der Waals surface area contributed by atoms with Gasteiger partial charge in [-0.05, 0) is 47.4 Å². The molecule has 0 spiro atoms. The minimum atomic E-state index is -0.659. The number of halogens is 1. The number of furan rings is 1. The van der Waals surface area contributed by atoms with Crippen molar-refractivity contribution in [2.75, 3.05) is 14.2 Å². The van der Waals surface area contributed by atoms with Gasteiger partial charge in [0.1, 0.15) is 29.6 Å². The molecule has 150 valence electrons. The second-order valence-electron chi connectivity index (χ2n) is 5.82. The molecule has 0 aliphatic heterocycles. The van der Waals surface area contributed by atoms with E-state index in [1.165, 1.54) is 37.3 Å². The van der Waals surface area contributed by atoms with Crippen LogP contribution in [0.2, 0.25) is 5.02 Å². The molecule has 3 aromatic rings. The summed E-state index contributed by atoms with van der Waals surface area (Å²) in [5, 5.41) is 14.5. The van der Waals surface area contributed by atoms with E-state index in [1.54, 1.807) is 30.3 Å². The molecule has 0 amide bonds. The number of methoxy groups -OCH3 is 2. The number of aromatic nitrogens is 2. The van der Waals surface area contributed by atoms with Gasteiger partial charge in [0, 0.05) is 0 Å². The molecule has 2 aromatic heterocycles. The maximum Gasteiger partial charge on any atom is 0.408 e. The number of nitro groups is 1. The Morgan fingerprint density at radius 3 is 2.76 bits per heavy atom. The summed E-state index contributed by atoms with van der Waals surface area (Å²) in [6, 6.07) is 8.29. The van der Waals surface area contributed by atoms with Crippen LogP contribution in [-0.2, 0) is 6.54 Å². The molecule has 0 unspecified atom stereocenters. The number of ketones is 1. The van der Waals surface area contributed by atoms with Crippen molar-refractivity contribution < 1.29 is 23.6 Å². The Morgan fingerprint density at radius 2 is 2.10 bits per heavy atom. The quantitative estimate of drug-likeness (QED) is 0.236. The van der Waals surface area contributed by atoms with Crippen molar-refractivity contribution in [1.29, 1.82) is 0 Å². The monoisotopic (exact) mass is 417 g/mol. The molecule has 1 aromatic carbocycles. The number of hydrogen-bond donors (Lipinski definition) is 0. The average Bonchev–Trinajstić information content (AvgIpc) is 3.31. The molecule has 0 aliphatic carbocycles. The second-order valence-corrected chi connectivity index (χ2v) is 6.23. The molecular formula is C19H16ClN3O6. The number of ether oxygens (including phenoxy) is 2. The predicted molar refractivity (Wildman–Crippen MR) is 105 cm³/mol. The average molecular weight is 418 g/mol. The first-order valence-corrected chi connectivity index (χ1v) is 8.69. The van der Waals surface area contributed by atoms with Crippen molar-refractivity contribution >= 4 is 29.3 Å². The smallest absolute Gasteiger partial charge is 0.408 e. The van der Waals surface area contributed by atoms with Crippen molar-refractivity contribution in [3.05, 3.63) is 74.8 Å². The van der Waals surface area contributed by atoms with E-state index in [2.05, 4.69) is 5.10 Å². The summed E-state index contributed by atoms with van der Waals surface area (Å²) in [5.74, 6) is 1.19. The van der Waals surface area contributed by atoms with Crippen molar-refractivity contribution in [2.24, 2.45) is 0 Å². The van der Waals surface area contributed by atoms with E-state index < -0.39 is 10.7 Å². The molecule has 3 rings (SSSR count). The number of benzene rings is 1. The summed E-state index contributed by atoms with van der Waals surface area (Å²) >= 11 is 5.78. The topological polar surface area (TPSA) is 110 Å². The Balaban J connectivity index is 1.73. The number of nitrogens with zero attached hydrogens (tertiary/aromatic N) is 3. The van der Waals surface area contributed by atoms with E-state index in [9.17, 15) is 14.9 Å². The molecule has 29 heavy (non-hydrogen) atoms. The van der Waals surface area contributed by atoms with Gasteiger partial charge >= 0.3 is 5.82 Å². The molecule has 0 radical (unpaired) electrons. The molecule has 0 fully saturated rings. The molecule has 0 saturated heterocycles. The largest absolute Gasteiger partial charge is 0.497 e. The van der Waals surface area contributed by atoms with Crippen LogP contribution in [0.25, 0.3) is 6.08 Å². The molecule has 10 heteroatoms. The maximum atomic E-state index is 12.5. The van der Waals surface area contributed by atoms with Gasteiger partial charge in [0.15, 0.2) is 10.8 Å². The summed E-state index contributed by atoms with van der Waals surface area (Å²) in [6.07, 6.45) is 4.22. The van der Waals surface area contributed by atoms with Gasteiger partial charge in [-0.2, -0.15) is 4.68 Å². The molecule has 2 heterocycles. The van der Waals surface area contributed by atoms with E-state index in [1.807, 2.05) is 0 Å². The number of carbonyl (C=O) groups is 1. The molecule has 0 saturated carbocycles. The fourth-order valence-corrected chi connectivity index (χ4v) is 2.79. The highest BCUT2D eigenvalue weighted by molar-refractivity contribution is 6.32. The van der Waals surface area contributed by atoms with Crippen LogP contribution in [0, 0.1) is 10.1 Å². The van der Waals surface area contributed by atoms with Crippen LogP contribution >= 0.6 is 11.6 Å². The van der Waals surface area contributed by atoms with Gasteiger partial charge in [0.2, 0.25) is 0 Å². The van der Waals surface area contributed by atoms with Gasteiger partial charge in [-0.1, -0.05) is 11.6 Å². The third-order valence-electron chi connectivity index (χ3n) is 3.94. The Morgan fingerprint density at radius 1 is 1.31 bits per heavy atom. The number of rotatable bonds is 8. The lowest BCUT2D eigenvalue weighted by atomic mass is 10.1. The van der Waals surface area contributed by atoms with Gasteiger partial charge < -0.3 is 24.0 Å². The molecule has 0 aliphatic rings. The van der Waals surface area contributed by atoms with Crippen LogP contribution in [0.4, 0.5) is 5.82 Å². The van der Waals surface area contributed by atoms with E-state index in [4.69, 9.17) is 25.5 Å². The molecular weight excluding hydrogens is 402 g/mol. The lowest BCUT2D eigenvalue weighted by Crippen LogP contribution is -2.00. The van der Waals surface area contributed by atoms with E-state index in [0.29, 0.717) is 28.6 Å². The SMILES string of the molecule is COc1ccc(OC)c(C(=O)/C=C/c2ccc(Cn3cc(Cl)c([N+](=O)[O-])n3)o2)c1. The van der Waals surface area contributed by atoms with Gasteiger partial charge in [-0.15, -0.1) is 0 Å². The first-order chi connectivity index (χ1) is 13.9. The fourth-order valence-electron chi connectivity index (χ4n) is 2.57. The molecule has 0 atom stereocenters. The fraction of sp³-hybridized carbons (Fsp3) is 0.158. The standard InChI is InChI=1S/C19H16ClN3O6/c1-27-13-6-8-18(28-2)15(9-13)17(24)7-5-12-3-4-14(29-12)10-22-11-16(20)19(21-22)23(25)26/h3-9,11H,10H2,1-2H3/b7-5+. The molecule has 0 N–H and O–H groups in total. The number of carbonyl (C=O) groups excluding carboxylic acids is 1. The normalized spacial score (nSPS) is 11.0. The van der Waals surface area contributed by atoms with Crippen LogP contribution in [0.3, 0.4) is 0 Å². The summed E-state index contributed by atoms with van der Waals surface area (Å²) in [6.45, 7) is 0.152. The molecule has 0 bridgehead atoms. The van der Waals surface area contributed by atoms with E-state index in [-0.39, 0.29) is 17.4 Å². The highest BCUT2D eigenvalue weighted by atomic mass is 35.5. The zero-order valence-electron chi connectivity index (χ0n) is 15.5. The predicted octanol–water partition coefficient (Wildman–Crippen LogP) is 4.00. The second kappa shape index (κ2) is 8.61. The zero-order chi connectivity index (χ0) is 21.0. The Hall–Kier alpha value is -3.59. The highest BCUT2D eigenvalue weighted by Gasteiger charge is 2.19. The number of hydrogen-bond acceptors (Lipinski definition) is 7. The maximum absolute atomic E-state index is 12.5. The van der Waals surface area contributed by atoms with Gasteiger partial charge in [-0.25, -0.2) is 0 Å². The lowest BCUT2D eigenvalue weighted by molar-refractivity contribution is -0.389. The van der Waals surface area contributed by atoms with Crippen LogP contribution < -0.4 is 9.47 Å². The third-order valence-corrected chi connectivity index (χ3v) is 4.21. The minimum absolute atomic E-state index is 0.0560. The number of allylic oxidation sites excluding steroid dienone is 1. The van der Waals surface area contributed by atoms with Gasteiger partial charge in [-0.3, -0.25) is 4.79 Å². The van der Waals surface area contributed by atoms with Gasteiger partial charge in [0.25, 0.3) is 0 Å². The van der Waals surface area contributed by atoms with Gasteiger partial charge in [0.05, 0.1) is 31.1 Å². The molecule has 9 nitrogen and oxygen atoms in total. The van der Waals surface area contributed by atoms with Crippen LogP contribution in [0.15, 0.2) is 47.0 Å². The van der Waals surface area contributed by atoms with Crippen molar-refractivity contribution in [3.8, 4) is 11.5 Å². The summed E-state index contributed by atoms with van der Waals surface area (Å²) in [5.41, 5.74) is 0.355. The minimum Gasteiger partial charge on any atom is -0.497 e. The Labute approximate surface area is 170 Å². The van der Waals surface area contributed by atoms with E-state index >= 15 is 0 Å². The summed E-state index contributed by atoms with van der Waals surface area (Å²) in [4.78, 5) is 22.7. The van der Waals surface area contributed by atoms with Crippen LogP contribution in [-0.4, -0.2) is 34.7 Å².